The minimum absolute atomic E-state index is 0. The van der Waals surface area contributed by atoms with Gasteiger partial charge in [-0.05, 0) is 56.2 Å². The summed E-state index contributed by atoms with van der Waals surface area (Å²) in [6.45, 7) is 5.26. The van der Waals surface area contributed by atoms with Crippen LogP contribution in [0.4, 0.5) is 0 Å². The smallest absolute Gasteiger partial charge is 0.220 e. The molecule has 1 aliphatic heterocycles. The number of halogens is 2. The van der Waals surface area contributed by atoms with E-state index in [4.69, 9.17) is 5.73 Å². The minimum atomic E-state index is 0. The highest BCUT2D eigenvalue weighted by atomic mass is 35.5. The van der Waals surface area contributed by atoms with E-state index in [1.807, 2.05) is 0 Å². The quantitative estimate of drug-likeness (QED) is 0.739. The van der Waals surface area contributed by atoms with Crippen molar-refractivity contribution in [2.75, 3.05) is 19.6 Å². The predicted molar refractivity (Wildman–Crippen MR) is 117 cm³/mol. The van der Waals surface area contributed by atoms with Gasteiger partial charge < -0.3 is 11.1 Å². The van der Waals surface area contributed by atoms with Crippen molar-refractivity contribution in [2.45, 2.75) is 57.5 Å². The summed E-state index contributed by atoms with van der Waals surface area (Å²) < 4.78 is 0. The van der Waals surface area contributed by atoms with E-state index in [1.54, 1.807) is 0 Å². The Morgan fingerprint density at radius 3 is 2.41 bits per heavy atom. The van der Waals surface area contributed by atoms with Crippen LogP contribution in [0.2, 0.25) is 0 Å². The van der Waals surface area contributed by atoms with Crippen molar-refractivity contribution in [1.29, 1.82) is 0 Å². The molecule has 1 amide bonds. The van der Waals surface area contributed by atoms with Gasteiger partial charge in [-0.25, -0.2) is 0 Å². The van der Waals surface area contributed by atoms with E-state index in [0.29, 0.717) is 18.9 Å². The fourth-order valence-corrected chi connectivity index (χ4v) is 4.31. The number of amides is 1. The molecule has 1 saturated heterocycles. The Morgan fingerprint density at radius 1 is 1.15 bits per heavy atom. The fourth-order valence-electron chi connectivity index (χ4n) is 4.31. The average molecular weight is 416 g/mol. The van der Waals surface area contributed by atoms with Crippen molar-refractivity contribution < 1.29 is 4.79 Å². The number of nitrogens with two attached hydrogens (primary N) is 1. The Kier molecular flexibility index (Phi) is 10.7. The molecule has 0 aromatic heterocycles. The zero-order chi connectivity index (χ0) is 17.6. The summed E-state index contributed by atoms with van der Waals surface area (Å²) in [6, 6.07) is 11.1. The number of hydrogen-bond donors (Lipinski definition) is 2. The standard InChI is InChI=1S/C21H33N3O.2ClH/c1-16-10-12-24(13-11-16)20(17-6-3-2-4-7-17)15-23-21(25)14-18-8-5-9-19(18)22;;/h2-4,6-7,16,18-20H,5,8-15,22H2,1H3,(H,23,25);2*1H/t18-,19+,20?;;/m0../s1. The second kappa shape index (κ2) is 11.9. The van der Waals surface area contributed by atoms with E-state index < -0.39 is 0 Å². The van der Waals surface area contributed by atoms with E-state index in [9.17, 15) is 4.79 Å². The van der Waals surface area contributed by atoms with Crippen molar-refractivity contribution in [2.24, 2.45) is 17.6 Å². The lowest BCUT2D eigenvalue weighted by Crippen LogP contribution is -2.42. The predicted octanol–water partition coefficient (Wildman–Crippen LogP) is 3.94. The van der Waals surface area contributed by atoms with E-state index in [1.165, 1.54) is 18.4 Å². The number of hydrogen-bond acceptors (Lipinski definition) is 3. The number of nitrogens with zero attached hydrogens (tertiary/aromatic N) is 1. The molecule has 6 heteroatoms. The number of carbonyl (C=O) groups excluding carboxylic acids is 1. The molecule has 154 valence electrons. The van der Waals surface area contributed by atoms with Gasteiger partial charge in [0, 0.05) is 19.0 Å². The summed E-state index contributed by atoms with van der Waals surface area (Å²) in [5.74, 6) is 1.34. The largest absolute Gasteiger partial charge is 0.354 e. The summed E-state index contributed by atoms with van der Waals surface area (Å²) in [4.78, 5) is 15.0. The molecule has 2 fully saturated rings. The van der Waals surface area contributed by atoms with Gasteiger partial charge in [-0.1, -0.05) is 43.7 Å². The van der Waals surface area contributed by atoms with Gasteiger partial charge >= 0.3 is 0 Å². The monoisotopic (exact) mass is 415 g/mol. The summed E-state index contributed by atoms with van der Waals surface area (Å²) >= 11 is 0. The fraction of sp³-hybridized carbons (Fsp3) is 0.667. The third-order valence-electron chi connectivity index (χ3n) is 6.10. The zero-order valence-corrected chi connectivity index (χ0v) is 17.9. The lowest BCUT2D eigenvalue weighted by molar-refractivity contribution is -0.122. The van der Waals surface area contributed by atoms with Crippen LogP contribution in [0.1, 0.15) is 57.1 Å². The highest BCUT2D eigenvalue weighted by molar-refractivity contribution is 5.85. The maximum atomic E-state index is 12.4. The Morgan fingerprint density at radius 2 is 1.81 bits per heavy atom. The second-order valence-corrected chi connectivity index (χ2v) is 8.01. The van der Waals surface area contributed by atoms with Gasteiger partial charge in [-0.3, -0.25) is 9.69 Å². The molecule has 4 nitrogen and oxygen atoms in total. The summed E-state index contributed by atoms with van der Waals surface area (Å²) in [5.41, 5.74) is 7.42. The molecule has 1 aromatic rings. The highest BCUT2D eigenvalue weighted by Crippen LogP contribution is 2.28. The molecule has 1 saturated carbocycles. The van der Waals surface area contributed by atoms with Crippen molar-refractivity contribution in [3.05, 3.63) is 35.9 Å². The third kappa shape index (κ3) is 6.94. The number of benzene rings is 1. The van der Waals surface area contributed by atoms with Crippen molar-refractivity contribution in [3.63, 3.8) is 0 Å². The number of rotatable bonds is 6. The molecule has 3 rings (SSSR count). The lowest BCUT2D eigenvalue weighted by Gasteiger charge is -2.37. The van der Waals surface area contributed by atoms with Crippen molar-refractivity contribution in [1.82, 2.24) is 10.2 Å². The third-order valence-corrected chi connectivity index (χ3v) is 6.10. The first kappa shape index (κ1) is 24.2. The van der Waals surface area contributed by atoms with E-state index in [-0.39, 0.29) is 42.8 Å². The van der Waals surface area contributed by atoms with Gasteiger partial charge in [-0.15, -0.1) is 24.8 Å². The molecular weight excluding hydrogens is 381 g/mol. The summed E-state index contributed by atoms with van der Waals surface area (Å²) in [6.07, 6.45) is 6.40. The summed E-state index contributed by atoms with van der Waals surface area (Å²) in [7, 11) is 0. The number of nitrogens with one attached hydrogen (secondary N) is 1. The van der Waals surface area contributed by atoms with Crippen molar-refractivity contribution in [3.8, 4) is 0 Å². The average Bonchev–Trinajstić information content (AvgIpc) is 3.02. The number of piperidine rings is 1. The topological polar surface area (TPSA) is 58.4 Å². The first-order valence-corrected chi connectivity index (χ1v) is 9.94. The van der Waals surface area contributed by atoms with Crippen LogP contribution in [0, 0.1) is 11.8 Å². The van der Waals surface area contributed by atoms with Crippen LogP contribution >= 0.6 is 24.8 Å². The first-order valence-electron chi connectivity index (χ1n) is 9.94. The molecule has 3 N–H and O–H groups in total. The van der Waals surface area contributed by atoms with Gasteiger partial charge in [0.25, 0.3) is 0 Å². The number of likely N-dealkylation sites (tertiary alicyclic amines) is 1. The van der Waals surface area contributed by atoms with Gasteiger partial charge in [-0.2, -0.15) is 0 Å². The van der Waals surface area contributed by atoms with Gasteiger partial charge in [0.05, 0.1) is 6.04 Å². The van der Waals surface area contributed by atoms with Crippen LogP contribution in [0.15, 0.2) is 30.3 Å². The highest BCUT2D eigenvalue weighted by Gasteiger charge is 2.28. The van der Waals surface area contributed by atoms with Crippen molar-refractivity contribution >= 4 is 30.7 Å². The molecule has 0 bridgehead atoms. The molecule has 0 spiro atoms. The molecule has 2 aliphatic rings. The lowest BCUT2D eigenvalue weighted by atomic mass is 9.95. The van der Waals surface area contributed by atoms with Gasteiger partial charge in [0.15, 0.2) is 0 Å². The second-order valence-electron chi connectivity index (χ2n) is 8.01. The van der Waals surface area contributed by atoms with Crippen LogP contribution in [0.3, 0.4) is 0 Å². The SMILES string of the molecule is CC1CCN(C(CNC(=O)C[C@@H]2CCC[C@H]2N)c2ccccc2)CC1.Cl.Cl. The summed E-state index contributed by atoms with van der Waals surface area (Å²) in [5, 5.41) is 3.20. The number of carbonyl (C=O) groups is 1. The van der Waals surface area contributed by atoms with E-state index >= 15 is 0 Å². The van der Waals surface area contributed by atoms with Crippen LogP contribution in [-0.4, -0.2) is 36.5 Å². The van der Waals surface area contributed by atoms with E-state index in [0.717, 1.165) is 38.3 Å². The zero-order valence-electron chi connectivity index (χ0n) is 16.3. The molecule has 1 heterocycles. The van der Waals surface area contributed by atoms with Gasteiger partial charge in [0.2, 0.25) is 5.91 Å². The van der Waals surface area contributed by atoms with Gasteiger partial charge in [0.1, 0.15) is 0 Å². The van der Waals surface area contributed by atoms with Crippen LogP contribution in [-0.2, 0) is 4.79 Å². The maximum absolute atomic E-state index is 12.4. The molecule has 1 unspecified atom stereocenters. The van der Waals surface area contributed by atoms with Crippen LogP contribution < -0.4 is 11.1 Å². The molecule has 3 atom stereocenters. The normalized spacial score (nSPS) is 24.5. The Labute approximate surface area is 176 Å². The first-order chi connectivity index (χ1) is 12.1. The minimum Gasteiger partial charge on any atom is -0.354 e. The molecule has 27 heavy (non-hydrogen) atoms. The maximum Gasteiger partial charge on any atom is 0.220 e. The van der Waals surface area contributed by atoms with Crippen LogP contribution in [0.25, 0.3) is 0 Å². The Bertz CT molecular complexity index is 550. The molecule has 1 aromatic carbocycles. The Balaban J connectivity index is 0.00000182. The molecule has 1 aliphatic carbocycles. The molecular formula is C21H35Cl2N3O. The molecule has 0 radical (unpaired) electrons. The van der Waals surface area contributed by atoms with E-state index in [2.05, 4.69) is 47.5 Å². The van der Waals surface area contributed by atoms with Crippen LogP contribution in [0.5, 0.6) is 0 Å². The Hall–Kier alpha value is -0.810.